The minimum absolute atomic E-state index is 0.117. The number of benzene rings is 1. The highest BCUT2D eigenvalue weighted by atomic mass is 16.3. The van der Waals surface area contributed by atoms with E-state index in [2.05, 4.69) is 24.1 Å². The van der Waals surface area contributed by atoms with E-state index < -0.39 is 0 Å². The summed E-state index contributed by atoms with van der Waals surface area (Å²) in [4.78, 5) is 15.8. The molecule has 1 N–H and O–H groups in total. The largest absolute Gasteiger partial charge is 0.396 e. The Morgan fingerprint density at radius 3 is 2.74 bits per heavy atom. The molecule has 1 aliphatic rings. The Morgan fingerprint density at radius 1 is 1.37 bits per heavy atom. The number of carbonyl (C=O) groups is 1. The van der Waals surface area contributed by atoms with Gasteiger partial charge in [0.05, 0.1) is 0 Å². The van der Waals surface area contributed by atoms with E-state index >= 15 is 0 Å². The molecule has 0 bridgehead atoms. The molecule has 0 radical (unpaired) electrons. The summed E-state index contributed by atoms with van der Waals surface area (Å²) in [6, 6.07) is 10.2. The van der Waals surface area contributed by atoms with Crippen LogP contribution in [0.25, 0.3) is 0 Å². The summed E-state index contributed by atoms with van der Waals surface area (Å²) >= 11 is 0. The molecule has 2 rings (SSSR count). The zero-order chi connectivity index (χ0) is 13.7. The molecule has 4 nitrogen and oxygen atoms in total. The van der Waals surface area contributed by atoms with Crippen molar-refractivity contribution in [2.75, 3.05) is 38.2 Å². The average Bonchev–Trinajstić information content (AvgIpc) is 2.80. The van der Waals surface area contributed by atoms with Crippen LogP contribution in [0.5, 0.6) is 0 Å². The minimum Gasteiger partial charge on any atom is -0.396 e. The first kappa shape index (κ1) is 13.9. The van der Waals surface area contributed by atoms with Gasteiger partial charge in [-0.1, -0.05) is 18.2 Å². The normalized spacial score (nSPS) is 18.9. The van der Waals surface area contributed by atoms with E-state index in [1.807, 2.05) is 23.1 Å². The van der Waals surface area contributed by atoms with Crippen molar-refractivity contribution in [3.63, 3.8) is 0 Å². The molecule has 1 aliphatic heterocycles. The number of para-hydroxylation sites is 1. The van der Waals surface area contributed by atoms with Gasteiger partial charge in [-0.25, -0.2) is 0 Å². The van der Waals surface area contributed by atoms with Crippen LogP contribution >= 0.6 is 0 Å². The third kappa shape index (κ3) is 3.70. The topological polar surface area (TPSA) is 43.8 Å². The van der Waals surface area contributed by atoms with Crippen LogP contribution in [0.3, 0.4) is 0 Å². The summed E-state index contributed by atoms with van der Waals surface area (Å²) < 4.78 is 0. The smallest absolute Gasteiger partial charge is 0.223 e. The highest BCUT2D eigenvalue weighted by Gasteiger charge is 2.28. The molecule has 1 atom stereocenters. The van der Waals surface area contributed by atoms with Gasteiger partial charge in [0.2, 0.25) is 5.91 Å². The molecule has 1 aromatic rings. The van der Waals surface area contributed by atoms with Gasteiger partial charge in [-0.15, -0.1) is 0 Å². The standard InChI is InChI=1S/C15H22N2O2/c1-16(14-6-3-2-4-7-14)8-5-9-17-11-13(12-18)10-15(17)19/h2-4,6-7,13,18H,5,8-12H2,1H3. The Bertz CT molecular complexity index is 408. The van der Waals surface area contributed by atoms with E-state index in [1.54, 1.807) is 0 Å². The number of carbonyl (C=O) groups excluding carboxylic acids is 1. The highest BCUT2D eigenvalue weighted by molar-refractivity contribution is 5.78. The zero-order valence-corrected chi connectivity index (χ0v) is 11.5. The van der Waals surface area contributed by atoms with Crippen molar-refractivity contribution in [3.05, 3.63) is 30.3 Å². The van der Waals surface area contributed by atoms with E-state index in [0.29, 0.717) is 13.0 Å². The molecular formula is C15H22N2O2. The van der Waals surface area contributed by atoms with Gasteiger partial charge in [0.1, 0.15) is 0 Å². The molecule has 1 fully saturated rings. The molecule has 1 heterocycles. The lowest BCUT2D eigenvalue weighted by molar-refractivity contribution is -0.127. The number of hydrogen-bond donors (Lipinski definition) is 1. The number of nitrogens with zero attached hydrogens (tertiary/aromatic N) is 2. The highest BCUT2D eigenvalue weighted by Crippen LogP contribution is 2.17. The van der Waals surface area contributed by atoms with Crippen LogP contribution < -0.4 is 4.90 Å². The van der Waals surface area contributed by atoms with Crippen LogP contribution in [0.1, 0.15) is 12.8 Å². The van der Waals surface area contributed by atoms with Crippen LogP contribution in [-0.4, -0.2) is 49.2 Å². The fourth-order valence-electron chi connectivity index (χ4n) is 2.50. The molecule has 0 spiro atoms. The third-order valence-corrected chi connectivity index (χ3v) is 3.67. The molecule has 0 saturated carbocycles. The van der Waals surface area contributed by atoms with Crippen molar-refractivity contribution >= 4 is 11.6 Å². The minimum atomic E-state index is 0.117. The van der Waals surface area contributed by atoms with Crippen molar-refractivity contribution in [3.8, 4) is 0 Å². The number of amides is 1. The lowest BCUT2D eigenvalue weighted by Gasteiger charge is -2.22. The van der Waals surface area contributed by atoms with E-state index in [-0.39, 0.29) is 18.4 Å². The van der Waals surface area contributed by atoms with Crippen LogP contribution in [-0.2, 0) is 4.79 Å². The number of aliphatic hydroxyl groups excluding tert-OH is 1. The lowest BCUT2D eigenvalue weighted by atomic mass is 10.1. The predicted octanol–water partition coefficient (Wildman–Crippen LogP) is 1.35. The maximum Gasteiger partial charge on any atom is 0.223 e. The predicted molar refractivity (Wildman–Crippen MR) is 76.1 cm³/mol. The third-order valence-electron chi connectivity index (χ3n) is 3.67. The summed E-state index contributed by atoms with van der Waals surface area (Å²) in [5.74, 6) is 0.320. The van der Waals surface area contributed by atoms with Crippen molar-refractivity contribution < 1.29 is 9.90 Å². The molecule has 0 aliphatic carbocycles. The quantitative estimate of drug-likeness (QED) is 0.841. The maximum atomic E-state index is 11.7. The molecule has 19 heavy (non-hydrogen) atoms. The van der Waals surface area contributed by atoms with Gasteiger partial charge in [0, 0.05) is 51.3 Å². The first-order valence-corrected chi connectivity index (χ1v) is 6.85. The monoisotopic (exact) mass is 262 g/mol. The van der Waals surface area contributed by atoms with Gasteiger partial charge in [-0.3, -0.25) is 4.79 Å². The number of likely N-dealkylation sites (tertiary alicyclic amines) is 1. The Morgan fingerprint density at radius 2 is 2.11 bits per heavy atom. The fourth-order valence-corrected chi connectivity index (χ4v) is 2.50. The SMILES string of the molecule is CN(CCCN1CC(CO)CC1=O)c1ccccc1. The average molecular weight is 262 g/mol. The number of aliphatic hydroxyl groups is 1. The van der Waals surface area contributed by atoms with Gasteiger partial charge in [0.15, 0.2) is 0 Å². The molecule has 1 aromatic carbocycles. The Hall–Kier alpha value is -1.55. The van der Waals surface area contributed by atoms with Crippen LogP contribution in [0.15, 0.2) is 30.3 Å². The molecule has 104 valence electrons. The number of hydrogen-bond acceptors (Lipinski definition) is 3. The first-order chi connectivity index (χ1) is 9.20. The first-order valence-electron chi connectivity index (χ1n) is 6.85. The molecule has 0 aromatic heterocycles. The second-order valence-corrected chi connectivity index (χ2v) is 5.20. The molecule has 1 saturated heterocycles. The van der Waals surface area contributed by atoms with Crippen molar-refractivity contribution in [2.45, 2.75) is 12.8 Å². The van der Waals surface area contributed by atoms with Crippen LogP contribution in [0.2, 0.25) is 0 Å². The maximum absolute atomic E-state index is 11.7. The second kappa shape index (κ2) is 6.57. The van der Waals surface area contributed by atoms with Crippen LogP contribution in [0.4, 0.5) is 5.69 Å². The van der Waals surface area contributed by atoms with E-state index in [1.165, 1.54) is 5.69 Å². The second-order valence-electron chi connectivity index (χ2n) is 5.20. The Labute approximate surface area is 114 Å². The van der Waals surface area contributed by atoms with Gasteiger partial charge < -0.3 is 14.9 Å². The van der Waals surface area contributed by atoms with Gasteiger partial charge in [-0.05, 0) is 18.6 Å². The summed E-state index contributed by atoms with van der Waals surface area (Å²) in [6.45, 7) is 2.54. The van der Waals surface area contributed by atoms with Gasteiger partial charge in [-0.2, -0.15) is 0 Å². The molecule has 4 heteroatoms. The summed E-state index contributed by atoms with van der Waals surface area (Å²) in [7, 11) is 2.07. The molecular weight excluding hydrogens is 240 g/mol. The fraction of sp³-hybridized carbons (Fsp3) is 0.533. The summed E-state index contributed by atoms with van der Waals surface area (Å²) in [6.07, 6.45) is 1.46. The Kier molecular flexibility index (Phi) is 4.80. The van der Waals surface area contributed by atoms with Gasteiger partial charge in [0.25, 0.3) is 0 Å². The van der Waals surface area contributed by atoms with Crippen molar-refractivity contribution in [2.24, 2.45) is 5.92 Å². The van der Waals surface area contributed by atoms with Crippen LogP contribution in [0, 0.1) is 5.92 Å². The Balaban J connectivity index is 1.74. The summed E-state index contributed by atoms with van der Waals surface area (Å²) in [5, 5.41) is 9.08. The number of anilines is 1. The zero-order valence-electron chi connectivity index (χ0n) is 11.5. The van der Waals surface area contributed by atoms with E-state index in [9.17, 15) is 4.79 Å². The molecule has 1 unspecified atom stereocenters. The van der Waals surface area contributed by atoms with Crippen molar-refractivity contribution in [1.82, 2.24) is 4.90 Å². The van der Waals surface area contributed by atoms with Crippen molar-refractivity contribution in [1.29, 1.82) is 0 Å². The number of rotatable bonds is 6. The van der Waals surface area contributed by atoms with E-state index in [0.717, 1.165) is 19.5 Å². The summed E-state index contributed by atoms with van der Waals surface area (Å²) in [5.41, 5.74) is 1.20. The lowest BCUT2D eigenvalue weighted by Crippen LogP contribution is -2.29. The van der Waals surface area contributed by atoms with Gasteiger partial charge >= 0.3 is 0 Å². The van der Waals surface area contributed by atoms with E-state index in [4.69, 9.17) is 5.11 Å². The molecule has 1 amide bonds.